The summed E-state index contributed by atoms with van der Waals surface area (Å²) in [6.45, 7) is 2.81. The molecule has 0 fully saturated rings. The molecule has 0 unspecified atom stereocenters. The van der Waals surface area contributed by atoms with E-state index in [1.54, 1.807) is 0 Å². The molecular formula is C14H16O2. The minimum atomic E-state index is 0.196. The summed E-state index contributed by atoms with van der Waals surface area (Å²) in [6.07, 6.45) is 4.41. The van der Waals surface area contributed by atoms with Crippen LogP contribution in [0.15, 0.2) is 36.1 Å². The van der Waals surface area contributed by atoms with Crippen molar-refractivity contribution in [3.8, 4) is 0 Å². The molecule has 2 nitrogen and oxygen atoms in total. The van der Waals surface area contributed by atoms with E-state index in [9.17, 15) is 0 Å². The zero-order valence-corrected chi connectivity index (χ0v) is 9.48. The average molecular weight is 216 g/mol. The summed E-state index contributed by atoms with van der Waals surface area (Å²) in [7, 11) is 0. The lowest BCUT2D eigenvalue weighted by atomic mass is 9.89. The van der Waals surface area contributed by atoms with Gasteiger partial charge in [-0.3, -0.25) is 0 Å². The largest absolute Gasteiger partial charge is 0.490 e. The molecule has 0 radical (unpaired) electrons. The quantitative estimate of drug-likeness (QED) is 0.756. The fourth-order valence-electron chi connectivity index (χ4n) is 2.57. The lowest BCUT2D eigenvalue weighted by Gasteiger charge is -2.35. The molecular weight excluding hydrogens is 200 g/mol. The molecule has 84 valence electrons. The molecule has 1 aromatic carbocycles. The second-order valence-corrected chi connectivity index (χ2v) is 4.34. The van der Waals surface area contributed by atoms with Gasteiger partial charge in [0.1, 0.15) is 6.10 Å². The van der Waals surface area contributed by atoms with Gasteiger partial charge in [0.05, 0.1) is 11.9 Å². The zero-order chi connectivity index (χ0) is 11.0. The van der Waals surface area contributed by atoms with Crippen LogP contribution in [0.3, 0.4) is 0 Å². The molecule has 2 bridgehead atoms. The monoisotopic (exact) mass is 216 g/mol. The van der Waals surface area contributed by atoms with Crippen LogP contribution in [0.2, 0.25) is 0 Å². The van der Waals surface area contributed by atoms with Crippen LogP contribution in [0.5, 0.6) is 0 Å². The molecule has 2 heterocycles. The number of hydrogen-bond donors (Lipinski definition) is 0. The number of ether oxygens (including phenoxy) is 2. The predicted octanol–water partition coefficient (Wildman–Crippen LogP) is 2.99. The Kier molecular flexibility index (Phi) is 2.44. The second kappa shape index (κ2) is 3.95. The minimum absolute atomic E-state index is 0.196. The summed E-state index contributed by atoms with van der Waals surface area (Å²) in [6, 6.07) is 8.55. The molecule has 0 aliphatic carbocycles. The summed E-state index contributed by atoms with van der Waals surface area (Å²) < 4.78 is 11.6. The van der Waals surface area contributed by atoms with Crippen LogP contribution in [0.1, 0.15) is 30.6 Å². The van der Waals surface area contributed by atoms with Gasteiger partial charge in [-0.25, -0.2) is 0 Å². The Bertz CT molecular complexity index is 422. The molecule has 0 N–H and O–H groups in total. The Balaban J connectivity index is 1.93. The van der Waals surface area contributed by atoms with Crippen LogP contribution in [0.25, 0.3) is 0 Å². The van der Waals surface area contributed by atoms with Crippen molar-refractivity contribution in [2.75, 3.05) is 6.61 Å². The van der Waals surface area contributed by atoms with Crippen LogP contribution in [0.4, 0.5) is 0 Å². The fourth-order valence-corrected chi connectivity index (χ4v) is 2.57. The fraction of sp³-hybridized carbons (Fsp3) is 0.429. The Morgan fingerprint density at radius 1 is 1.38 bits per heavy atom. The first-order valence-corrected chi connectivity index (χ1v) is 5.93. The number of fused-ring (bicyclic) bond motifs is 4. The van der Waals surface area contributed by atoms with Gasteiger partial charge in [-0.05, 0) is 24.1 Å². The van der Waals surface area contributed by atoms with E-state index in [-0.39, 0.29) is 12.2 Å². The van der Waals surface area contributed by atoms with E-state index >= 15 is 0 Å². The van der Waals surface area contributed by atoms with Crippen molar-refractivity contribution in [1.82, 2.24) is 0 Å². The third kappa shape index (κ3) is 1.63. The van der Waals surface area contributed by atoms with Gasteiger partial charge in [0.15, 0.2) is 0 Å². The van der Waals surface area contributed by atoms with Crippen molar-refractivity contribution in [1.29, 1.82) is 0 Å². The Morgan fingerprint density at radius 2 is 2.25 bits per heavy atom. The number of hydrogen-bond acceptors (Lipinski definition) is 2. The Hall–Kier alpha value is -1.28. The maximum absolute atomic E-state index is 5.91. The van der Waals surface area contributed by atoms with Gasteiger partial charge in [0.2, 0.25) is 0 Å². The lowest BCUT2D eigenvalue weighted by molar-refractivity contribution is -0.0000751. The molecule has 2 aliphatic rings. The van der Waals surface area contributed by atoms with E-state index in [1.165, 1.54) is 11.1 Å². The van der Waals surface area contributed by atoms with E-state index in [1.807, 2.05) is 6.92 Å². The van der Waals surface area contributed by atoms with Crippen molar-refractivity contribution >= 4 is 0 Å². The highest BCUT2D eigenvalue weighted by atomic mass is 16.5. The molecule has 0 saturated heterocycles. The standard InChI is InChI=1S/C14H16O2/c1-2-15-11-8-12-7-10-5-3-4-6-13(10)14(9-11)16-12/h3-6,8,11,14H,2,7,9H2,1H3/t11-,14+/m0/s1. The van der Waals surface area contributed by atoms with Gasteiger partial charge in [0.25, 0.3) is 0 Å². The molecule has 2 atom stereocenters. The first kappa shape index (κ1) is 9.91. The van der Waals surface area contributed by atoms with Crippen LogP contribution in [-0.4, -0.2) is 12.7 Å². The van der Waals surface area contributed by atoms with Crippen molar-refractivity contribution < 1.29 is 9.47 Å². The first-order valence-electron chi connectivity index (χ1n) is 5.93. The molecule has 16 heavy (non-hydrogen) atoms. The van der Waals surface area contributed by atoms with Crippen LogP contribution in [0, 0.1) is 0 Å². The van der Waals surface area contributed by atoms with Crippen LogP contribution >= 0.6 is 0 Å². The van der Waals surface area contributed by atoms with E-state index in [4.69, 9.17) is 9.47 Å². The molecule has 2 aliphatic heterocycles. The van der Waals surface area contributed by atoms with Gasteiger partial charge in [0, 0.05) is 19.4 Å². The first-order chi connectivity index (χ1) is 7.86. The summed E-state index contributed by atoms with van der Waals surface area (Å²) in [5, 5.41) is 0. The van der Waals surface area contributed by atoms with Gasteiger partial charge >= 0.3 is 0 Å². The summed E-state index contributed by atoms with van der Waals surface area (Å²) >= 11 is 0. The third-order valence-corrected chi connectivity index (χ3v) is 3.26. The molecule has 0 aromatic heterocycles. The Labute approximate surface area is 95.9 Å². The van der Waals surface area contributed by atoms with Gasteiger partial charge < -0.3 is 9.47 Å². The molecule has 0 saturated carbocycles. The van der Waals surface area contributed by atoms with Crippen LogP contribution < -0.4 is 0 Å². The molecule has 1 aromatic rings. The van der Waals surface area contributed by atoms with Gasteiger partial charge in [-0.2, -0.15) is 0 Å². The zero-order valence-electron chi connectivity index (χ0n) is 9.48. The highest BCUT2D eigenvalue weighted by molar-refractivity contribution is 5.36. The average Bonchev–Trinajstić information content (AvgIpc) is 2.29. The Morgan fingerprint density at radius 3 is 3.12 bits per heavy atom. The lowest BCUT2D eigenvalue weighted by Crippen LogP contribution is -2.26. The topological polar surface area (TPSA) is 18.5 Å². The van der Waals surface area contributed by atoms with E-state index < -0.39 is 0 Å². The second-order valence-electron chi connectivity index (χ2n) is 4.34. The summed E-state index contributed by atoms with van der Waals surface area (Å²) in [5.74, 6) is 1.08. The SMILES string of the molecule is CCO[C@H]1C=C2Cc3ccccc3[C@@H](C1)O2. The highest BCUT2D eigenvalue weighted by Gasteiger charge is 2.30. The molecule has 0 amide bonds. The van der Waals surface area contributed by atoms with Gasteiger partial charge in [-0.1, -0.05) is 24.3 Å². The van der Waals surface area contributed by atoms with E-state index in [2.05, 4.69) is 30.3 Å². The van der Waals surface area contributed by atoms with Crippen LogP contribution in [-0.2, 0) is 15.9 Å². The number of allylic oxidation sites excluding steroid dienone is 1. The molecule has 0 spiro atoms. The maximum atomic E-state index is 5.91. The summed E-state index contributed by atoms with van der Waals surface area (Å²) in [5.41, 5.74) is 2.74. The normalized spacial score (nSPS) is 26.7. The van der Waals surface area contributed by atoms with E-state index in [0.29, 0.717) is 0 Å². The van der Waals surface area contributed by atoms with Crippen molar-refractivity contribution in [2.45, 2.75) is 32.0 Å². The minimum Gasteiger partial charge on any atom is -0.490 e. The van der Waals surface area contributed by atoms with E-state index in [0.717, 1.165) is 25.2 Å². The highest BCUT2D eigenvalue weighted by Crippen LogP contribution is 2.39. The maximum Gasteiger partial charge on any atom is 0.126 e. The molecule has 3 rings (SSSR count). The smallest absolute Gasteiger partial charge is 0.126 e. The number of rotatable bonds is 2. The third-order valence-electron chi connectivity index (χ3n) is 3.26. The predicted molar refractivity (Wildman–Crippen MR) is 62.1 cm³/mol. The van der Waals surface area contributed by atoms with Crippen molar-refractivity contribution in [2.24, 2.45) is 0 Å². The van der Waals surface area contributed by atoms with Gasteiger partial charge in [-0.15, -0.1) is 0 Å². The van der Waals surface area contributed by atoms with Crippen molar-refractivity contribution in [3.63, 3.8) is 0 Å². The summed E-state index contributed by atoms with van der Waals surface area (Å²) in [4.78, 5) is 0. The van der Waals surface area contributed by atoms with Crippen molar-refractivity contribution in [3.05, 3.63) is 47.2 Å². The molecule has 2 heteroatoms. The number of benzene rings is 1.